The van der Waals surface area contributed by atoms with Crippen LogP contribution in [-0.2, 0) is 19.5 Å². The van der Waals surface area contributed by atoms with Gasteiger partial charge in [0.1, 0.15) is 0 Å². The third-order valence-electron chi connectivity index (χ3n) is 0.726. The molecule has 0 saturated carbocycles. The third kappa shape index (κ3) is 4.15. The fourth-order valence-corrected chi connectivity index (χ4v) is 0.764. The van der Waals surface area contributed by atoms with Gasteiger partial charge in [0.05, 0.1) is 0 Å². The Morgan fingerprint density at radius 3 is 1.79 bits per heavy atom. The van der Waals surface area contributed by atoms with Crippen LogP contribution in [0, 0.1) is 0 Å². The van der Waals surface area contributed by atoms with E-state index in [1.807, 2.05) is 0 Å². The Kier molecular flexibility index (Phi) is 3.46. The lowest BCUT2D eigenvalue weighted by Crippen LogP contribution is -2.42. The normalized spacial score (nSPS) is 14.1. The van der Waals surface area contributed by atoms with Gasteiger partial charge in [0.15, 0.2) is 0 Å². The summed E-state index contributed by atoms with van der Waals surface area (Å²) in [6.45, 7) is 0. The first-order chi connectivity index (χ1) is 5.86. The lowest BCUT2D eigenvalue weighted by molar-refractivity contribution is -0.203. The van der Waals surface area contributed by atoms with Gasteiger partial charge in [-0.2, -0.15) is 30.2 Å². The Morgan fingerprint density at radius 2 is 1.57 bits per heavy atom. The van der Waals surface area contributed by atoms with E-state index in [1.165, 1.54) is 0 Å². The summed E-state index contributed by atoms with van der Waals surface area (Å²) < 4.78 is 80.1. The van der Waals surface area contributed by atoms with E-state index in [9.17, 15) is 34.7 Å². The smallest absolute Gasteiger partial charge is 0.281 e. The Hall–Kier alpha value is -0.480. The zero-order valence-corrected chi connectivity index (χ0v) is 7.38. The first kappa shape index (κ1) is 13.5. The van der Waals surface area contributed by atoms with Gasteiger partial charge in [0.25, 0.3) is 0 Å². The second-order valence-electron chi connectivity index (χ2n) is 1.82. The van der Waals surface area contributed by atoms with Crippen molar-refractivity contribution < 1.29 is 38.8 Å². The topological polar surface area (TPSA) is 60.4 Å². The second kappa shape index (κ2) is 3.59. The fourth-order valence-electron chi connectivity index (χ4n) is 0.328. The van der Waals surface area contributed by atoms with Crippen molar-refractivity contribution in [3.05, 3.63) is 0 Å². The van der Waals surface area contributed by atoms with Gasteiger partial charge >= 0.3 is 27.8 Å². The van der Waals surface area contributed by atoms with E-state index in [0.29, 0.717) is 0 Å². The summed E-state index contributed by atoms with van der Waals surface area (Å²) in [4.78, 5) is 9.98. The lowest BCUT2D eigenvalue weighted by Gasteiger charge is -2.14. The Labute approximate surface area is 79.0 Å². The molecule has 0 unspecified atom stereocenters. The summed E-state index contributed by atoms with van der Waals surface area (Å²) in [5.74, 6) is -3.38. The van der Waals surface area contributed by atoms with Crippen molar-refractivity contribution in [1.29, 1.82) is 0 Å². The highest BCUT2D eigenvalue weighted by Gasteiger charge is 2.57. The molecule has 14 heavy (non-hydrogen) atoms. The third-order valence-corrected chi connectivity index (χ3v) is 1.31. The molecule has 11 heteroatoms. The molecular formula is C3ClF5O4S. The minimum Gasteiger partial charge on any atom is -0.281 e. The molecule has 0 fully saturated rings. The van der Waals surface area contributed by atoms with Gasteiger partial charge in [-0.15, -0.1) is 0 Å². The summed E-state index contributed by atoms with van der Waals surface area (Å²) >= 11 is 3.84. The molecule has 0 N–H and O–H groups in total. The maximum Gasteiger partial charge on any atom is 0.442 e. The van der Waals surface area contributed by atoms with Gasteiger partial charge in [-0.25, -0.2) is 0 Å². The molecule has 0 aromatic carbocycles. The van der Waals surface area contributed by atoms with Crippen molar-refractivity contribution >= 4 is 27.9 Å². The number of alkyl halides is 5. The Balaban J connectivity index is 4.91. The number of hydrogen-bond acceptors (Lipinski definition) is 4. The van der Waals surface area contributed by atoms with Gasteiger partial charge in [0, 0.05) is 0 Å². The molecule has 0 aliphatic heterocycles. The number of ketones is 1. The Morgan fingerprint density at radius 1 is 1.21 bits per heavy atom. The monoisotopic (exact) mass is 262 g/mol. The van der Waals surface area contributed by atoms with Gasteiger partial charge in [0.2, 0.25) is 0 Å². The predicted molar refractivity (Wildman–Crippen MR) is 31.9 cm³/mol. The van der Waals surface area contributed by atoms with Crippen molar-refractivity contribution in [1.82, 2.24) is 0 Å². The van der Waals surface area contributed by atoms with Crippen molar-refractivity contribution in [2.45, 2.75) is 11.5 Å². The molecule has 0 aliphatic carbocycles. The minimum absolute atomic E-state index is 2.17. The molecular weight excluding hydrogens is 263 g/mol. The molecule has 84 valence electrons. The number of rotatable bonds is 4. The van der Waals surface area contributed by atoms with Crippen LogP contribution in [-0.4, -0.2) is 25.7 Å². The second-order valence-corrected chi connectivity index (χ2v) is 3.25. The van der Waals surface area contributed by atoms with Crippen LogP contribution in [0.3, 0.4) is 0 Å². The van der Waals surface area contributed by atoms with E-state index in [1.54, 1.807) is 0 Å². The average molecular weight is 263 g/mol. The van der Waals surface area contributed by atoms with E-state index >= 15 is 0 Å². The number of halogens is 6. The highest BCUT2D eigenvalue weighted by atomic mass is 35.5. The molecule has 0 atom stereocenters. The minimum atomic E-state index is -6.25. The first-order valence-corrected chi connectivity index (χ1v) is 4.19. The maximum absolute atomic E-state index is 12.1. The van der Waals surface area contributed by atoms with Crippen molar-refractivity contribution in [2.24, 2.45) is 0 Å². The molecule has 0 aliphatic rings. The van der Waals surface area contributed by atoms with Crippen molar-refractivity contribution in [3.63, 3.8) is 0 Å². The van der Waals surface area contributed by atoms with Crippen LogP contribution < -0.4 is 0 Å². The zero-order valence-electron chi connectivity index (χ0n) is 5.81. The molecule has 0 rings (SSSR count). The SMILES string of the molecule is O=C(C(F)(F)Cl)C(F)(F)OS(=O)(=O)F. The molecule has 0 radical (unpaired) electrons. The summed E-state index contributed by atoms with van der Waals surface area (Å²) in [6, 6.07) is 0. The van der Waals surface area contributed by atoms with E-state index in [-0.39, 0.29) is 0 Å². The predicted octanol–water partition coefficient (Wildman–Crippen LogP) is 1.21. The molecule has 0 spiro atoms. The summed E-state index contributed by atoms with van der Waals surface area (Å²) in [6.07, 6.45) is -5.56. The Bertz CT molecular complexity index is 331. The first-order valence-electron chi connectivity index (χ1n) is 2.51. The number of carbonyl (C=O) groups is 1. The van der Waals surface area contributed by atoms with E-state index < -0.39 is 27.8 Å². The fraction of sp³-hybridized carbons (Fsp3) is 0.667. The zero-order chi connectivity index (χ0) is 11.8. The average Bonchev–Trinajstić information content (AvgIpc) is 1.78. The molecule has 0 heterocycles. The van der Waals surface area contributed by atoms with E-state index in [4.69, 9.17) is 0 Å². The van der Waals surface area contributed by atoms with Crippen LogP contribution >= 0.6 is 11.6 Å². The molecule has 0 amide bonds. The number of carbonyl (C=O) groups excluding carboxylic acids is 1. The van der Waals surface area contributed by atoms with Crippen LogP contribution in [0.25, 0.3) is 0 Å². The molecule has 0 aromatic heterocycles. The van der Waals surface area contributed by atoms with Gasteiger partial charge in [-0.1, -0.05) is 3.89 Å². The highest BCUT2D eigenvalue weighted by molar-refractivity contribution is 7.81. The summed E-state index contributed by atoms with van der Waals surface area (Å²) in [5, 5.41) is -5.06. The maximum atomic E-state index is 12.1. The van der Waals surface area contributed by atoms with Crippen molar-refractivity contribution in [3.8, 4) is 0 Å². The van der Waals surface area contributed by atoms with Crippen LogP contribution in [0.2, 0.25) is 0 Å². The molecule has 4 nitrogen and oxygen atoms in total. The summed E-state index contributed by atoms with van der Waals surface area (Å²) in [5.41, 5.74) is 0. The molecule has 0 aromatic rings. The number of Topliss-reactive ketones (excluding diaryl/α,β-unsaturated/α-hetero) is 1. The standard InChI is InChI=1S/C3ClF5O4S/c4-2(5,6)1(10)3(7,8)13-14(9,11)12. The molecule has 0 saturated heterocycles. The van der Waals surface area contributed by atoms with Gasteiger partial charge < -0.3 is 0 Å². The van der Waals surface area contributed by atoms with Crippen LogP contribution in [0.1, 0.15) is 0 Å². The van der Waals surface area contributed by atoms with Gasteiger partial charge in [-0.3, -0.25) is 4.79 Å². The summed E-state index contributed by atoms with van der Waals surface area (Å²) in [7, 11) is -6.25. The molecule has 0 bridgehead atoms. The van der Waals surface area contributed by atoms with Crippen LogP contribution in [0.15, 0.2) is 0 Å². The van der Waals surface area contributed by atoms with Crippen LogP contribution in [0.4, 0.5) is 21.4 Å². The van der Waals surface area contributed by atoms with Crippen LogP contribution in [0.5, 0.6) is 0 Å². The highest BCUT2D eigenvalue weighted by Crippen LogP contribution is 2.31. The number of hydrogen-bond donors (Lipinski definition) is 0. The van der Waals surface area contributed by atoms with E-state index in [0.717, 1.165) is 0 Å². The van der Waals surface area contributed by atoms with Crippen molar-refractivity contribution in [2.75, 3.05) is 0 Å². The quantitative estimate of drug-likeness (QED) is 0.434. The van der Waals surface area contributed by atoms with Gasteiger partial charge in [-0.05, 0) is 11.6 Å². The largest absolute Gasteiger partial charge is 0.442 e. The lowest BCUT2D eigenvalue weighted by atomic mass is 10.4. The van der Waals surface area contributed by atoms with E-state index in [2.05, 4.69) is 15.8 Å².